The maximum absolute atomic E-state index is 12.3. The average Bonchev–Trinajstić information content (AvgIpc) is 3.29. The van der Waals surface area contributed by atoms with Gasteiger partial charge < -0.3 is 19.5 Å². The zero-order valence-electron chi connectivity index (χ0n) is 15.1. The molecule has 3 aromatic rings. The topological polar surface area (TPSA) is 91.6 Å². The minimum atomic E-state index is -0.229. The highest BCUT2D eigenvalue weighted by Gasteiger charge is 2.24. The normalized spacial score (nSPS) is 14.0. The monoisotopic (exact) mass is 377 g/mol. The summed E-state index contributed by atoms with van der Waals surface area (Å²) in [4.78, 5) is 28.3. The number of hydrogen-bond donors (Lipinski definition) is 1. The van der Waals surface area contributed by atoms with Gasteiger partial charge in [-0.3, -0.25) is 9.59 Å². The fourth-order valence-corrected chi connectivity index (χ4v) is 3.03. The van der Waals surface area contributed by atoms with Crippen LogP contribution in [0, 0.1) is 0 Å². The van der Waals surface area contributed by atoms with E-state index >= 15 is 0 Å². The lowest BCUT2D eigenvalue weighted by molar-refractivity contribution is 0.0714. The van der Waals surface area contributed by atoms with Crippen molar-refractivity contribution in [2.24, 2.45) is 0 Å². The van der Waals surface area contributed by atoms with Crippen molar-refractivity contribution >= 4 is 23.5 Å². The molecule has 0 radical (unpaired) electrons. The summed E-state index contributed by atoms with van der Waals surface area (Å²) >= 11 is 0. The molecule has 3 heterocycles. The second-order valence-corrected chi connectivity index (χ2v) is 6.35. The van der Waals surface area contributed by atoms with Gasteiger partial charge >= 0.3 is 0 Å². The zero-order valence-corrected chi connectivity index (χ0v) is 15.1. The molecule has 1 aromatic carbocycles. The van der Waals surface area contributed by atoms with Gasteiger partial charge in [0, 0.05) is 31.7 Å². The number of furan rings is 1. The molecule has 0 atom stereocenters. The number of anilines is 2. The number of amides is 2. The molecule has 0 spiro atoms. The van der Waals surface area contributed by atoms with Crippen LogP contribution in [0.4, 0.5) is 11.6 Å². The molecule has 1 aliphatic heterocycles. The van der Waals surface area contributed by atoms with Crippen molar-refractivity contribution in [1.82, 2.24) is 15.1 Å². The number of piperazine rings is 1. The highest BCUT2D eigenvalue weighted by Crippen LogP contribution is 2.16. The summed E-state index contributed by atoms with van der Waals surface area (Å²) in [5.41, 5.74) is 0.561. The molecule has 142 valence electrons. The minimum absolute atomic E-state index is 0.102. The summed E-state index contributed by atoms with van der Waals surface area (Å²) < 4.78 is 5.18. The van der Waals surface area contributed by atoms with Crippen molar-refractivity contribution in [3.05, 3.63) is 72.2 Å². The lowest BCUT2D eigenvalue weighted by Gasteiger charge is -2.34. The highest BCUT2D eigenvalue weighted by molar-refractivity contribution is 6.03. The van der Waals surface area contributed by atoms with Crippen molar-refractivity contribution in [3.63, 3.8) is 0 Å². The van der Waals surface area contributed by atoms with E-state index in [-0.39, 0.29) is 11.8 Å². The molecule has 0 bridgehead atoms. The molecule has 0 aliphatic carbocycles. The Morgan fingerprint density at radius 3 is 2.32 bits per heavy atom. The van der Waals surface area contributed by atoms with E-state index in [4.69, 9.17) is 4.42 Å². The zero-order chi connectivity index (χ0) is 19.3. The first-order valence-corrected chi connectivity index (χ1v) is 8.98. The number of carbonyl (C=O) groups is 2. The number of carbonyl (C=O) groups excluding carboxylic acids is 2. The van der Waals surface area contributed by atoms with Crippen LogP contribution < -0.4 is 10.2 Å². The van der Waals surface area contributed by atoms with Gasteiger partial charge in [0.15, 0.2) is 17.4 Å². The Morgan fingerprint density at radius 2 is 1.68 bits per heavy atom. The van der Waals surface area contributed by atoms with E-state index in [2.05, 4.69) is 20.4 Å². The van der Waals surface area contributed by atoms with Gasteiger partial charge in [0.25, 0.3) is 11.8 Å². The molecule has 1 fully saturated rings. The number of benzene rings is 1. The smallest absolute Gasteiger partial charge is 0.289 e. The van der Waals surface area contributed by atoms with Crippen LogP contribution in [0.3, 0.4) is 0 Å². The first-order chi connectivity index (χ1) is 13.7. The third-order valence-corrected chi connectivity index (χ3v) is 4.55. The van der Waals surface area contributed by atoms with E-state index < -0.39 is 0 Å². The van der Waals surface area contributed by atoms with Crippen LogP contribution in [0.5, 0.6) is 0 Å². The van der Waals surface area contributed by atoms with Crippen LogP contribution >= 0.6 is 0 Å². The van der Waals surface area contributed by atoms with Gasteiger partial charge in [-0.05, 0) is 36.4 Å². The van der Waals surface area contributed by atoms with Gasteiger partial charge in [-0.25, -0.2) is 0 Å². The van der Waals surface area contributed by atoms with E-state index in [0.717, 1.165) is 0 Å². The third-order valence-electron chi connectivity index (χ3n) is 4.55. The van der Waals surface area contributed by atoms with Crippen LogP contribution in [0.25, 0.3) is 0 Å². The summed E-state index contributed by atoms with van der Waals surface area (Å²) in [7, 11) is 0. The summed E-state index contributed by atoms with van der Waals surface area (Å²) in [6.45, 7) is 2.45. The minimum Gasteiger partial charge on any atom is -0.459 e. The quantitative estimate of drug-likeness (QED) is 0.750. The van der Waals surface area contributed by atoms with E-state index in [1.807, 2.05) is 12.1 Å². The van der Waals surface area contributed by atoms with E-state index in [1.165, 1.54) is 6.26 Å². The van der Waals surface area contributed by atoms with Crippen LogP contribution in [-0.2, 0) is 0 Å². The van der Waals surface area contributed by atoms with E-state index in [0.29, 0.717) is 49.1 Å². The number of nitrogens with zero attached hydrogens (tertiary/aromatic N) is 4. The second-order valence-electron chi connectivity index (χ2n) is 6.35. The first kappa shape index (κ1) is 17.7. The molecular formula is C20H19N5O3. The van der Waals surface area contributed by atoms with E-state index in [9.17, 15) is 9.59 Å². The molecule has 0 unspecified atom stereocenters. The molecular weight excluding hydrogens is 358 g/mol. The van der Waals surface area contributed by atoms with Gasteiger partial charge in [0.05, 0.1) is 6.26 Å². The number of nitrogens with one attached hydrogen (secondary N) is 1. The third kappa shape index (κ3) is 3.85. The van der Waals surface area contributed by atoms with Crippen molar-refractivity contribution in [3.8, 4) is 0 Å². The van der Waals surface area contributed by atoms with Crippen molar-refractivity contribution in [2.75, 3.05) is 36.4 Å². The predicted octanol–water partition coefficient (Wildman–Crippen LogP) is 2.28. The van der Waals surface area contributed by atoms with Crippen molar-refractivity contribution in [1.29, 1.82) is 0 Å². The number of aromatic nitrogens is 2. The molecule has 1 saturated heterocycles. The first-order valence-electron chi connectivity index (χ1n) is 8.98. The average molecular weight is 377 g/mol. The number of rotatable bonds is 4. The maximum atomic E-state index is 12.3. The van der Waals surface area contributed by atoms with Gasteiger partial charge in [-0.15, -0.1) is 10.2 Å². The fourth-order valence-electron chi connectivity index (χ4n) is 3.03. The predicted molar refractivity (Wildman–Crippen MR) is 103 cm³/mol. The van der Waals surface area contributed by atoms with Crippen LogP contribution in [-0.4, -0.2) is 53.1 Å². The van der Waals surface area contributed by atoms with Crippen LogP contribution in [0.1, 0.15) is 20.9 Å². The second kappa shape index (κ2) is 7.91. The van der Waals surface area contributed by atoms with Crippen LogP contribution in [0.15, 0.2) is 65.3 Å². The number of hydrogen-bond acceptors (Lipinski definition) is 6. The Bertz CT molecular complexity index is 934. The molecule has 0 saturated carbocycles. The molecule has 1 aliphatic rings. The van der Waals surface area contributed by atoms with Gasteiger partial charge in [0.2, 0.25) is 0 Å². The largest absolute Gasteiger partial charge is 0.459 e. The lowest BCUT2D eigenvalue weighted by atomic mass is 10.2. The molecule has 2 aromatic heterocycles. The Balaban J connectivity index is 1.33. The fraction of sp³-hybridized carbons (Fsp3) is 0.200. The standard InChI is InChI=1S/C20H19N5O3/c26-19(15-5-2-1-3-6-15)21-17-8-9-18(23-22-17)24-10-12-25(13-11-24)20(27)16-7-4-14-28-16/h1-9,14H,10-13H2,(H,21,22,26). The van der Waals surface area contributed by atoms with Crippen LogP contribution in [0.2, 0.25) is 0 Å². The SMILES string of the molecule is O=C(Nc1ccc(N2CCN(C(=O)c3ccco3)CC2)nn1)c1ccccc1. The lowest BCUT2D eigenvalue weighted by Crippen LogP contribution is -2.49. The molecule has 4 rings (SSSR count). The van der Waals surface area contributed by atoms with Gasteiger partial charge in [-0.1, -0.05) is 18.2 Å². The summed E-state index contributed by atoms with van der Waals surface area (Å²) in [5.74, 6) is 1.13. The van der Waals surface area contributed by atoms with E-state index in [1.54, 1.807) is 47.4 Å². The van der Waals surface area contributed by atoms with Gasteiger partial charge in [0.1, 0.15) is 0 Å². The Kier molecular flexibility index (Phi) is 5.01. The molecule has 1 N–H and O–H groups in total. The summed E-state index contributed by atoms with van der Waals surface area (Å²) in [6.07, 6.45) is 1.50. The highest BCUT2D eigenvalue weighted by atomic mass is 16.3. The summed E-state index contributed by atoms with van der Waals surface area (Å²) in [5, 5.41) is 11.0. The Hall–Kier alpha value is -3.68. The Labute approximate surface area is 161 Å². The van der Waals surface area contributed by atoms with Crippen molar-refractivity contribution < 1.29 is 14.0 Å². The Morgan fingerprint density at radius 1 is 0.893 bits per heavy atom. The van der Waals surface area contributed by atoms with Gasteiger partial charge in [-0.2, -0.15) is 0 Å². The summed E-state index contributed by atoms with van der Waals surface area (Å²) in [6, 6.07) is 15.9. The maximum Gasteiger partial charge on any atom is 0.289 e. The molecule has 28 heavy (non-hydrogen) atoms. The van der Waals surface area contributed by atoms with Crippen molar-refractivity contribution in [2.45, 2.75) is 0 Å². The molecule has 2 amide bonds. The molecule has 8 heteroatoms. The molecule has 8 nitrogen and oxygen atoms in total.